The van der Waals surface area contributed by atoms with Crippen LogP contribution in [0.3, 0.4) is 0 Å². The van der Waals surface area contributed by atoms with Gasteiger partial charge in [0.05, 0.1) is 5.70 Å². The van der Waals surface area contributed by atoms with Crippen molar-refractivity contribution in [1.82, 2.24) is 0 Å². The van der Waals surface area contributed by atoms with E-state index in [4.69, 9.17) is 16.3 Å². The average molecular weight is 187 g/mol. The third kappa shape index (κ3) is 1.70. The molecule has 0 radical (unpaired) electrons. The Balaban J connectivity index is 3.35. The van der Waals surface area contributed by atoms with Crippen molar-refractivity contribution in [2.24, 2.45) is 5.73 Å². The molecule has 3 nitrogen and oxygen atoms in total. The van der Waals surface area contributed by atoms with Crippen LogP contribution < -0.4 is 5.73 Å². The molecule has 0 bridgehead atoms. The highest BCUT2D eigenvalue weighted by Crippen LogP contribution is 2.16. The molecule has 0 unspecified atom stereocenters. The minimum absolute atomic E-state index is 0.0746. The van der Waals surface area contributed by atoms with E-state index in [1.807, 2.05) is 0 Å². The minimum Gasteiger partial charge on any atom is -0.396 e. The van der Waals surface area contributed by atoms with Crippen molar-refractivity contribution < 1.29 is 4.39 Å². The van der Waals surface area contributed by atoms with Crippen LogP contribution in [0.5, 0.6) is 0 Å². The van der Waals surface area contributed by atoms with E-state index in [0.717, 1.165) is 0 Å². The lowest BCUT2D eigenvalue weighted by atomic mass is 10.1. The van der Waals surface area contributed by atoms with Gasteiger partial charge < -0.3 is 5.73 Å². The topological polar surface area (TPSA) is 73.6 Å². The fraction of sp³-hybridized carbons (Fsp3) is 0. The highest BCUT2D eigenvalue weighted by atomic mass is 19.1. The molecular weight excluding hydrogens is 181 g/mol. The summed E-state index contributed by atoms with van der Waals surface area (Å²) in [5.74, 6) is -0.548. The van der Waals surface area contributed by atoms with Crippen molar-refractivity contribution in [1.29, 1.82) is 10.5 Å². The second-order valence-corrected chi connectivity index (χ2v) is 2.49. The van der Waals surface area contributed by atoms with Crippen LogP contribution in [0, 0.1) is 28.5 Å². The number of rotatable bonds is 1. The zero-order valence-electron chi connectivity index (χ0n) is 7.16. The van der Waals surface area contributed by atoms with Crippen molar-refractivity contribution in [3.05, 3.63) is 41.2 Å². The largest absolute Gasteiger partial charge is 0.396 e. The van der Waals surface area contributed by atoms with Gasteiger partial charge in [-0.3, -0.25) is 0 Å². The molecule has 68 valence electrons. The van der Waals surface area contributed by atoms with Crippen LogP contribution in [-0.2, 0) is 0 Å². The number of hydrogen-bond donors (Lipinski definition) is 1. The third-order valence-electron chi connectivity index (χ3n) is 1.66. The van der Waals surface area contributed by atoms with E-state index in [0.29, 0.717) is 0 Å². The lowest BCUT2D eigenvalue weighted by Crippen LogP contribution is -2.02. The van der Waals surface area contributed by atoms with Gasteiger partial charge in [-0.25, -0.2) is 4.39 Å². The molecule has 0 heterocycles. The molecule has 1 aromatic carbocycles. The Morgan fingerprint density at radius 3 is 2.29 bits per heavy atom. The molecule has 0 spiro atoms. The number of benzene rings is 1. The SMILES string of the molecule is N#CC(C#N)=C(N)c1ccccc1F. The number of nitrogens with zero attached hydrogens (tertiary/aromatic N) is 2. The summed E-state index contributed by atoms with van der Waals surface area (Å²) in [6, 6.07) is 8.93. The van der Waals surface area contributed by atoms with Gasteiger partial charge in [0.15, 0.2) is 5.57 Å². The number of hydrogen-bond acceptors (Lipinski definition) is 3. The van der Waals surface area contributed by atoms with Crippen molar-refractivity contribution >= 4 is 5.70 Å². The van der Waals surface area contributed by atoms with Crippen LogP contribution in [-0.4, -0.2) is 0 Å². The summed E-state index contributed by atoms with van der Waals surface area (Å²) in [7, 11) is 0. The maximum absolute atomic E-state index is 13.1. The molecule has 0 saturated carbocycles. The molecule has 0 aliphatic rings. The van der Waals surface area contributed by atoms with Crippen molar-refractivity contribution in [3.63, 3.8) is 0 Å². The summed E-state index contributed by atoms with van der Waals surface area (Å²) in [5, 5.41) is 17.0. The minimum atomic E-state index is -0.548. The van der Waals surface area contributed by atoms with E-state index < -0.39 is 5.82 Å². The Bertz CT molecular complexity index is 447. The van der Waals surface area contributed by atoms with Crippen LogP contribution in [0.15, 0.2) is 29.8 Å². The van der Waals surface area contributed by atoms with E-state index in [-0.39, 0.29) is 16.8 Å². The number of nitriles is 2. The second kappa shape index (κ2) is 4.06. The fourth-order valence-corrected chi connectivity index (χ4v) is 0.960. The standard InChI is InChI=1S/C10H6FN3/c11-9-4-2-1-3-8(9)10(14)7(5-12)6-13/h1-4H,14H2. The molecule has 0 atom stereocenters. The summed E-state index contributed by atoms with van der Waals surface area (Å²) in [6.45, 7) is 0. The summed E-state index contributed by atoms with van der Waals surface area (Å²) in [6.07, 6.45) is 0. The van der Waals surface area contributed by atoms with Crippen LogP contribution in [0.2, 0.25) is 0 Å². The fourth-order valence-electron chi connectivity index (χ4n) is 0.960. The maximum atomic E-state index is 13.1. The van der Waals surface area contributed by atoms with Gasteiger partial charge in [-0.15, -0.1) is 0 Å². The molecule has 0 amide bonds. The molecule has 4 heteroatoms. The summed E-state index contributed by atoms with van der Waals surface area (Å²) >= 11 is 0. The Hall–Kier alpha value is -2.33. The number of allylic oxidation sites excluding steroid dienone is 1. The van der Waals surface area contributed by atoms with Gasteiger partial charge in [-0.1, -0.05) is 12.1 Å². The first-order valence-corrected chi connectivity index (χ1v) is 3.75. The monoisotopic (exact) mass is 187 g/mol. The number of halogens is 1. The molecule has 14 heavy (non-hydrogen) atoms. The highest BCUT2D eigenvalue weighted by molar-refractivity contribution is 5.73. The van der Waals surface area contributed by atoms with Crippen molar-refractivity contribution in [3.8, 4) is 12.1 Å². The predicted octanol–water partition coefficient (Wildman–Crippen LogP) is 1.54. The number of nitrogens with two attached hydrogens (primary N) is 1. The lowest BCUT2D eigenvalue weighted by Gasteiger charge is -2.01. The molecule has 0 aromatic heterocycles. The van der Waals surface area contributed by atoms with Gasteiger partial charge in [-0.05, 0) is 12.1 Å². The normalized spacial score (nSPS) is 8.50. The van der Waals surface area contributed by atoms with E-state index in [9.17, 15) is 4.39 Å². The quantitative estimate of drug-likeness (QED) is 0.677. The van der Waals surface area contributed by atoms with Crippen LogP contribution in [0.1, 0.15) is 5.56 Å². The van der Waals surface area contributed by atoms with E-state index in [1.54, 1.807) is 18.2 Å². The third-order valence-corrected chi connectivity index (χ3v) is 1.66. The summed E-state index contributed by atoms with van der Waals surface area (Å²) in [4.78, 5) is 0. The molecule has 2 N–H and O–H groups in total. The molecular formula is C10H6FN3. The Kier molecular flexibility index (Phi) is 2.83. The first kappa shape index (κ1) is 9.76. The first-order valence-electron chi connectivity index (χ1n) is 3.75. The zero-order chi connectivity index (χ0) is 10.6. The summed E-state index contributed by atoms with van der Waals surface area (Å²) < 4.78 is 13.1. The second-order valence-electron chi connectivity index (χ2n) is 2.49. The molecule has 0 aliphatic heterocycles. The first-order chi connectivity index (χ1) is 6.70. The Labute approximate surface area is 80.5 Å². The highest BCUT2D eigenvalue weighted by Gasteiger charge is 2.08. The molecule has 0 saturated heterocycles. The Morgan fingerprint density at radius 1 is 1.21 bits per heavy atom. The van der Waals surface area contributed by atoms with Crippen LogP contribution >= 0.6 is 0 Å². The van der Waals surface area contributed by atoms with E-state index in [2.05, 4.69) is 0 Å². The van der Waals surface area contributed by atoms with Gasteiger partial charge in [-0.2, -0.15) is 10.5 Å². The molecule has 1 rings (SSSR count). The van der Waals surface area contributed by atoms with Gasteiger partial charge in [0.1, 0.15) is 18.0 Å². The zero-order valence-corrected chi connectivity index (χ0v) is 7.16. The van der Waals surface area contributed by atoms with Gasteiger partial charge in [0.25, 0.3) is 0 Å². The average Bonchev–Trinajstić information content (AvgIpc) is 2.20. The Morgan fingerprint density at radius 2 is 1.79 bits per heavy atom. The van der Waals surface area contributed by atoms with Gasteiger partial charge in [0, 0.05) is 5.56 Å². The van der Waals surface area contributed by atoms with Crippen molar-refractivity contribution in [2.75, 3.05) is 0 Å². The van der Waals surface area contributed by atoms with Gasteiger partial charge >= 0.3 is 0 Å². The van der Waals surface area contributed by atoms with Crippen LogP contribution in [0.4, 0.5) is 4.39 Å². The van der Waals surface area contributed by atoms with Gasteiger partial charge in [0.2, 0.25) is 0 Å². The lowest BCUT2D eigenvalue weighted by molar-refractivity contribution is 0.623. The molecule has 0 fully saturated rings. The molecule has 1 aromatic rings. The molecule has 0 aliphatic carbocycles. The predicted molar refractivity (Wildman–Crippen MR) is 48.7 cm³/mol. The smallest absolute Gasteiger partial charge is 0.153 e. The van der Waals surface area contributed by atoms with E-state index in [1.165, 1.54) is 18.2 Å². The van der Waals surface area contributed by atoms with Crippen molar-refractivity contribution in [2.45, 2.75) is 0 Å². The van der Waals surface area contributed by atoms with E-state index >= 15 is 0 Å². The van der Waals surface area contributed by atoms with Crippen LogP contribution in [0.25, 0.3) is 5.70 Å². The maximum Gasteiger partial charge on any atom is 0.153 e. The summed E-state index contributed by atoms with van der Waals surface area (Å²) in [5.41, 5.74) is 5.12.